The Bertz CT molecular complexity index is 565. The lowest BCUT2D eigenvalue weighted by Crippen LogP contribution is -2.62. The molecular formula is C19H33NO5. The normalized spacial score (nSPS) is 21.3. The van der Waals surface area contributed by atoms with Gasteiger partial charge < -0.3 is 19.1 Å². The third kappa shape index (κ3) is 4.54. The lowest BCUT2D eigenvalue weighted by atomic mass is 9.66. The number of hydrogen-bond donors (Lipinski definition) is 0. The van der Waals surface area contributed by atoms with Gasteiger partial charge in [-0.1, -0.05) is 20.8 Å². The first-order valence-corrected chi connectivity index (χ1v) is 8.61. The molecule has 1 rings (SSSR count). The number of Topliss-reactive ketones (excluding diaryl/α,β-unsaturated/α-hetero) is 1. The molecule has 0 saturated carbocycles. The fraction of sp³-hybridized carbons (Fsp3) is 0.789. The van der Waals surface area contributed by atoms with Gasteiger partial charge >= 0.3 is 6.09 Å². The number of carbonyl (C=O) groups is 2. The summed E-state index contributed by atoms with van der Waals surface area (Å²) in [5, 5.41) is 0. The van der Waals surface area contributed by atoms with Crippen molar-refractivity contribution < 1.29 is 23.8 Å². The second kappa shape index (κ2) is 6.98. The fourth-order valence-corrected chi connectivity index (χ4v) is 2.75. The average molecular weight is 355 g/mol. The summed E-state index contributed by atoms with van der Waals surface area (Å²) in [6.45, 7) is 15.1. The predicted octanol–water partition coefficient (Wildman–Crippen LogP) is 3.55. The maximum atomic E-state index is 13.0. The summed E-state index contributed by atoms with van der Waals surface area (Å²) in [6, 6.07) is 0. The summed E-state index contributed by atoms with van der Waals surface area (Å²) >= 11 is 0. The number of ether oxygens (including phenoxy) is 3. The fourth-order valence-electron chi connectivity index (χ4n) is 2.75. The van der Waals surface area contributed by atoms with E-state index in [9.17, 15) is 9.59 Å². The first kappa shape index (κ1) is 21.5. The van der Waals surface area contributed by atoms with Crippen LogP contribution in [-0.2, 0) is 19.0 Å². The Morgan fingerprint density at radius 2 is 1.68 bits per heavy atom. The molecule has 1 aliphatic rings. The summed E-state index contributed by atoms with van der Waals surface area (Å²) in [7, 11) is 3.05. The van der Waals surface area contributed by atoms with E-state index in [1.807, 2.05) is 34.6 Å². The third-order valence-corrected chi connectivity index (χ3v) is 3.80. The minimum atomic E-state index is -1.28. The van der Waals surface area contributed by atoms with E-state index in [-0.39, 0.29) is 23.8 Å². The van der Waals surface area contributed by atoms with Gasteiger partial charge in [0.05, 0.1) is 12.6 Å². The summed E-state index contributed by atoms with van der Waals surface area (Å²) in [4.78, 5) is 26.6. The molecule has 0 aromatic rings. The molecule has 1 amide bonds. The molecule has 0 aromatic carbocycles. The highest BCUT2D eigenvalue weighted by atomic mass is 16.6. The summed E-state index contributed by atoms with van der Waals surface area (Å²) < 4.78 is 16.9. The van der Waals surface area contributed by atoms with Crippen molar-refractivity contribution in [3.05, 3.63) is 11.3 Å². The lowest BCUT2D eigenvalue weighted by molar-refractivity contribution is -0.150. The zero-order valence-corrected chi connectivity index (χ0v) is 17.3. The zero-order valence-electron chi connectivity index (χ0n) is 17.3. The van der Waals surface area contributed by atoms with Crippen LogP contribution in [0.1, 0.15) is 55.4 Å². The number of carbonyl (C=O) groups excluding carboxylic acids is 2. The van der Waals surface area contributed by atoms with Crippen molar-refractivity contribution in [2.75, 3.05) is 20.7 Å². The molecular weight excluding hydrogens is 322 g/mol. The van der Waals surface area contributed by atoms with Gasteiger partial charge in [-0.3, -0.25) is 4.79 Å². The number of rotatable bonds is 5. The predicted molar refractivity (Wildman–Crippen MR) is 96.3 cm³/mol. The largest absolute Gasteiger partial charge is 0.491 e. The van der Waals surface area contributed by atoms with E-state index in [1.54, 1.807) is 27.8 Å². The van der Waals surface area contributed by atoms with E-state index in [2.05, 4.69) is 0 Å². The van der Waals surface area contributed by atoms with Crippen molar-refractivity contribution in [2.45, 2.75) is 72.7 Å². The van der Waals surface area contributed by atoms with E-state index in [0.717, 1.165) is 0 Å². The van der Waals surface area contributed by atoms with Gasteiger partial charge in [0.25, 0.3) is 0 Å². The minimum absolute atomic E-state index is 0.0406. The van der Waals surface area contributed by atoms with Crippen molar-refractivity contribution in [3.8, 4) is 0 Å². The molecule has 6 heteroatoms. The molecule has 0 saturated heterocycles. The number of methoxy groups -OCH3 is 1. The zero-order chi connectivity index (χ0) is 19.8. The second-order valence-electron chi connectivity index (χ2n) is 8.82. The molecule has 0 bridgehead atoms. The van der Waals surface area contributed by atoms with Crippen LogP contribution in [0.15, 0.2) is 11.3 Å². The number of likely N-dealkylation sites (N-methyl/N-ethyl adjacent to an activating group) is 1. The Morgan fingerprint density at radius 3 is 2.04 bits per heavy atom. The van der Waals surface area contributed by atoms with Crippen LogP contribution in [0.2, 0.25) is 0 Å². The first-order valence-electron chi connectivity index (χ1n) is 8.61. The molecule has 0 radical (unpaired) electrons. The second-order valence-corrected chi connectivity index (χ2v) is 8.82. The number of amides is 1. The summed E-state index contributed by atoms with van der Waals surface area (Å²) in [5.41, 5.74) is -1.65. The molecule has 144 valence electrons. The van der Waals surface area contributed by atoms with Crippen molar-refractivity contribution in [3.63, 3.8) is 0 Å². The van der Waals surface area contributed by atoms with Gasteiger partial charge in [0.1, 0.15) is 11.4 Å². The van der Waals surface area contributed by atoms with Crippen LogP contribution in [0.4, 0.5) is 4.79 Å². The molecule has 0 aliphatic heterocycles. The van der Waals surface area contributed by atoms with E-state index in [1.165, 1.54) is 12.0 Å². The maximum absolute atomic E-state index is 13.0. The monoisotopic (exact) mass is 355 g/mol. The van der Waals surface area contributed by atoms with Crippen LogP contribution in [0.5, 0.6) is 0 Å². The van der Waals surface area contributed by atoms with Crippen molar-refractivity contribution in [2.24, 2.45) is 5.41 Å². The maximum Gasteiger partial charge on any atom is 0.410 e. The molecule has 1 atom stereocenters. The molecule has 1 aliphatic carbocycles. The summed E-state index contributed by atoms with van der Waals surface area (Å²) in [5.74, 6) is 0.367. The van der Waals surface area contributed by atoms with Gasteiger partial charge in [0.2, 0.25) is 11.4 Å². The quantitative estimate of drug-likeness (QED) is 0.754. The highest BCUT2D eigenvalue weighted by Gasteiger charge is 2.60. The van der Waals surface area contributed by atoms with Gasteiger partial charge in [0.15, 0.2) is 0 Å². The third-order valence-electron chi connectivity index (χ3n) is 3.80. The Kier molecular flexibility index (Phi) is 6.00. The highest BCUT2D eigenvalue weighted by Crippen LogP contribution is 2.47. The van der Waals surface area contributed by atoms with Gasteiger partial charge in [-0.25, -0.2) is 4.79 Å². The SMILES string of the molecule is COC1(CN(C)C(=O)OC(C)(C)C)C(=O)C(C(C)(C)C)=C1OC(C)C. The van der Waals surface area contributed by atoms with Crippen molar-refractivity contribution >= 4 is 11.9 Å². The van der Waals surface area contributed by atoms with Crippen molar-refractivity contribution in [1.29, 1.82) is 0 Å². The molecule has 1 unspecified atom stereocenters. The van der Waals surface area contributed by atoms with E-state index in [4.69, 9.17) is 14.2 Å². The van der Waals surface area contributed by atoms with Gasteiger partial charge in [0, 0.05) is 19.7 Å². The van der Waals surface area contributed by atoms with Gasteiger partial charge in [-0.2, -0.15) is 0 Å². The van der Waals surface area contributed by atoms with Crippen LogP contribution < -0.4 is 0 Å². The molecule has 0 aromatic heterocycles. The molecule has 0 heterocycles. The van der Waals surface area contributed by atoms with Crippen LogP contribution in [0.3, 0.4) is 0 Å². The van der Waals surface area contributed by atoms with Crippen LogP contribution >= 0.6 is 0 Å². The minimum Gasteiger partial charge on any atom is -0.491 e. The number of hydrogen-bond acceptors (Lipinski definition) is 5. The molecule has 0 N–H and O–H groups in total. The van der Waals surface area contributed by atoms with E-state index >= 15 is 0 Å². The Balaban J connectivity index is 3.18. The lowest BCUT2D eigenvalue weighted by Gasteiger charge is -2.47. The highest BCUT2D eigenvalue weighted by molar-refractivity contribution is 6.13. The molecule has 25 heavy (non-hydrogen) atoms. The summed E-state index contributed by atoms with van der Waals surface area (Å²) in [6.07, 6.45) is -0.619. The van der Waals surface area contributed by atoms with Gasteiger partial charge in [-0.05, 0) is 40.0 Å². The van der Waals surface area contributed by atoms with Crippen molar-refractivity contribution in [1.82, 2.24) is 4.90 Å². The number of ketones is 1. The molecule has 6 nitrogen and oxygen atoms in total. The van der Waals surface area contributed by atoms with E-state index < -0.39 is 17.3 Å². The molecule has 0 spiro atoms. The van der Waals surface area contributed by atoms with Crippen LogP contribution in [0.25, 0.3) is 0 Å². The smallest absolute Gasteiger partial charge is 0.410 e. The Morgan fingerprint density at radius 1 is 1.16 bits per heavy atom. The molecule has 0 fully saturated rings. The van der Waals surface area contributed by atoms with Gasteiger partial charge in [-0.15, -0.1) is 0 Å². The Labute approximate surface area is 151 Å². The first-order chi connectivity index (χ1) is 11.2. The van der Waals surface area contributed by atoms with E-state index in [0.29, 0.717) is 11.3 Å². The Hall–Kier alpha value is -1.56. The standard InChI is InChI=1S/C19H33NO5/c1-12(2)24-15-13(17(3,4)5)14(21)19(15,23-10)11-20(9)16(22)25-18(6,7)8/h12H,11H2,1-10H3. The van der Waals surface area contributed by atoms with Crippen LogP contribution in [0, 0.1) is 5.41 Å². The van der Waals surface area contributed by atoms with Crippen LogP contribution in [-0.4, -0.2) is 54.8 Å². The topological polar surface area (TPSA) is 65.1 Å². The average Bonchev–Trinajstić information content (AvgIpc) is 2.39. The number of nitrogens with zero attached hydrogens (tertiary/aromatic N) is 1.